The zero-order valence-electron chi connectivity index (χ0n) is 14.4. The lowest BCUT2D eigenvalue weighted by Crippen LogP contribution is -2.56. The Balaban J connectivity index is 1.27. The maximum atomic E-state index is 13.3. The van der Waals surface area contributed by atoms with E-state index in [2.05, 4.69) is 21.0 Å². The number of anilines is 1. The van der Waals surface area contributed by atoms with Gasteiger partial charge in [-0.05, 0) is 18.9 Å². The Kier molecular flexibility index (Phi) is 3.45. The number of carbonyl (C=O) groups is 1. The summed E-state index contributed by atoms with van der Waals surface area (Å²) in [6.07, 6.45) is 5.52. The molecule has 0 unspecified atom stereocenters. The van der Waals surface area contributed by atoms with Crippen molar-refractivity contribution >= 4 is 17.2 Å². The van der Waals surface area contributed by atoms with Crippen LogP contribution in [0.3, 0.4) is 0 Å². The Bertz CT molecular complexity index is 846. The smallest absolute Gasteiger partial charge is 0.251 e. The Labute approximate surface area is 149 Å². The van der Waals surface area contributed by atoms with E-state index in [1.165, 1.54) is 12.8 Å². The first kappa shape index (κ1) is 16.0. The molecular weight excluding hydrogens is 340 g/mol. The van der Waals surface area contributed by atoms with E-state index in [9.17, 15) is 13.6 Å². The van der Waals surface area contributed by atoms with Crippen LogP contribution in [0.25, 0.3) is 5.52 Å². The number of amides is 1. The number of likely N-dealkylation sites (tertiary alicyclic amines) is 1. The Hall–Kier alpha value is -2.25. The van der Waals surface area contributed by atoms with Crippen LogP contribution in [0, 0.1) is 5.92 Å². The lowest BCUT2D eigenvalue weighted by atomic mass is 9.96. The topological polar surface area (TPSA) is 53.7 Å². The van der Waals surface area contributed by atoms with E-state index in [4.69, 9.17) is 0 Å². The van der Waals surface area contributed by atoms with Gasteiger partial charge in [0.15, 0.2) is 5.82 Å². The second kappa shape index (κ2) is 5.62. The molecule has 0 bridgehead atoms. The second-order valence-corrected chi connectivity index (χ2v) is 7.71. The van der Waals surface area contributed by atoms with Crippen LogP contribution in [0.2, 0.25) is 0 Å². The van der Waals surface area contributed by atoms with Crippen molar-refractivity contribution in [1.29, 1.82) is 0 Å². The molecule has 2 aliphatic heterocycles. The lowest BCUT2D eigenvalue weighted by molar-refractivity contribution is -0.142. The van der Waals surface area contributed by atoms with Gasteiger partial charge in [-0.15, -0.1) is 0 Å². The van der Waals surface area contributed by atoms with Crippen molar-refractivity contribution in [3.05, 3.63) is 24.2 Å². The van der Waals surface area contributed by atoms with Gasteiger partial charge in [0, 0.05) is 57.3 Å². The molecule has 6 nitrogen and oxygen atoms in total. The van der Waals surface area contributed by atoms with Crippen molar-refractivity contribution in [3.63, 3.8) is 0 Å². The van der Waals surface area contributed by atoms with E-state index in [0.717, 1.165) is 17.0 Å². The molecule has 4 heterocycles. The Morgan fingerprint density at radius 3 is 2.62 bits per heavy atom. The van der Waals surface area contributed by atoms with Gasteiger partial charge in [-0.3, -0.25) is 4.79 Å². The van der Waals surface area contributed by atoms with E-state index in [0.29, 0.717) is 19.0 Å². The van der Waals surface area contributed by atoms with Crippen LogP contribution in [0.5, 0.6) is 0 Å². The van der Waals surface area contributed by atoms with Gasteiger partial charge in [-0.25, -0.2) is 18.3 Å². The quantitative estimate of drug-likeness (QED) is 0.842. The monoisotopic (exact) mass is 361 g/mol. The Morgan fingerprint density at radius 2 is 1.92 bits per heavy atom. The molecule has 8 heteroatoms. The minimum Gasteiger partial charge on any atom is -0.353 e. The van der Waals surface area contributed by atoms with Crippen LogP contribution in [0.1, 0.15) is 37.3 Å². The number of aromatic nitrogens is 3. The zero-order chi connectivity index (χ0) is 17.9. The van der Waals surface area contributed by atoms with Crippen LogP contribution in [-0.2, 0) is 4.79 Å². The summed E-state index contributed by atoms with van der Waals surface area (Å²) in [6, 6.07) is 2.10. The summed E-state index contributed by atoms with van der Waals surface area (Å²) in [5.41, 5.74) is 2.08. The summed E-state index contributed by atoms with van der Waals surface area (Å²) in [6.45, 7) is 1.48. The van der Waals surface area contributed by atoms with Crippen LogP contribution >= 0.6 is 0 Å². The van der Waals surface area contributed by atoms with Gasteiger partial charge in [-0.2, -0.15) is 5.10 Å². The van der Waals surface area contributed by atoms with E-state index >= 15 is 0 Å². The molecule has 3 aliphatic rings. The van der Waals surface area contributed by atoms with Gasteiger partial charge in [0.05, 0.1) is 11.6 Å². The van der Waals surface area contributed by atoms with Gasteiger partial charge >= 0.3 is 0 Å². The summed E-state index contributed by atoms with van der Waals surface area (Å²) in [5, 5.41) is 4.62. The van der Waals surface area contributed by atoms with Crippen molar-refractivity contribution in [1.82, 2.24) is 19.5 Å². The number of piperidine rings is 1. The number of nitrogens with zero attached hydrogens (tertiary/aromatic N) is 5. The molecule has 0 radical (unpaired) electrons. The SMILES string of the molecule is O=C(C1CN(c2nccn3nc(C4CC4)cc23)C1)N1CCC(F)(F)CC1. The molecular formula is C18H21F2N5O. The molecule has 2 aromatic rings. The van der Waals surface area contributed by atoms with Gasteiger partial charge in [0.1, 0.15) is 5.52 Å². The largest absolute Gasteiger partial charge is 0.353 e. The van der Waals surface area contributed by atoms with Crippen LogP contribution in [0.15, 0.2) is 18.5 Å². The highest BCUT2D eigenvalue weighted by Gasteiger charge is 2.41. The number of carbonyl (C=O) groups excluding carboxylic acids is 1. The van der Waals surface area contributed by atoms with E-state index in [-0.39, 0.29) is 37.8 Å². The number of halogens is 2. The first-order valence-electron chi connectivity index (χ1n) is 9.26. The van der Waals surface area contributed by atoms with E-state index in [1.54, 1.807) is 11.1 Å². The van der Waals surface area contributed by atoms with Crippen molar-refractivity contribution in [3.8, 4) is 0 Å². The molecule has 2 saturated heterocycles. The van der Waals surface area contributed by atoms with E-state index in [1.807, 2.05) is 10.7 Å². The number of hydrogen-bond donors (Lipinski definition) is 0. The second-order valence-electron chi connectivity index (χ2n) is 7.71. The number of hydrogen-bond acceptors (Lipinski definition) is 4. The van der Waals surface area contributed by atoms with Crippen LogP contribution in [0.4, 0.5) is 14.6 Å². The normalized spacial score (nSPS) is 23.3. The van der Waals surface area contributed by atoms with Crippen LogP contribution in [-0.4, -0.2) is 57.5 Å². The fourth-order valence-electron chi connectivity index (χ4n) is 3.87. The summed E-state index contributed by atoms with van der Waals surface area (Å²) >= 11 is 0. The summed E-state index contributed by atoms with van der Waals surface area (Å²) < 4.78 is 28.4. The third-order valence-corrected chi connectivity index (χ3v) is 5.72. The average molecular weight is 361 g/mol. The molecule has 0 atom stereocenters. The van der Waals surface area contributed by atoms with Gasteiger partial charge in [0.25, 0.3) is 5.92 Å². The molecule has 1 amide bonds. The third-order valence-electron chi connectivity index (χ3n) is 5.72. The maximum absolute atomic E-state index is 13.3. The average Bonchev–Trinajstić information content (AvgIpc) is 3.32. The predicted octanol–water partition coefficient (Wildman–Crippen LogP) is 2.30. The molecule has 0 spiro atoms. The Morgan fingerprint density at radius 1 is 1.19 bits per heavy atom. The highest BCUT2D eigenvalue weighted by Crippen LogP contribution is 2.40. The number of alkyl halides is 2. The first-order valence-corrected chi connectivity index (χ1v) is 9.26. The fraction of sp³-hybridized carbons (Fsp3) is 0.611. The summed E-state index contributed by atoms with van der Waals surface area (Å²) in [7, 11) is 0. The molecule has 2 aromatic heterocycles. The molecule has 138 valence electrons. The highest BCUT2D eigenvalue weighted by atomic mass is 19.3. The van der Waals surface area contributed by atoms with Crippen molar-refractivity contribution in [2.24, 2.45) is 5.92 Å². The molecule has 1 aliphatic carbocycles. The van der Waals surface area contributed by atoms with Gasteiger partial charge in [-0.1, -0.05) is 0 Å². The summed E-state index contributed by atoms with van der Waals surface area (Å²) in [4.78, 5) is 20.7. The van der Waals surface area contributed by atoms with Crippen molar-refractivity contribution < 1.29 is 13.6 Å². The third kappa shape index (κ3) is 2.71. The van der Waals surface area contributed by atoms with E-state index < -0.39 is 5.92 Å². The van der Waals surface area contributed by atoms with Gasteiger partial charge < -0.3 is 9.80 Å². The number of rotatable bonds is 3. The maximum Gasteiger partial charge on any atom is 0.251 e. The standard InChI is InChI=1S/C18H21F2N5O/c19-18(20)3-6-23(7-4-18)17(26)13-10-24(11-13)16-15-9-14(12-1-2-12)22-25(15)8-5-21-16/h5,8-9,12-13H,1-4,6-7,10-11H2. The molecule has 5 rings (SSSR count). The van der Waals surface area contributed by atoms with Crippen molar-refractivity contribution in [2.45, 2.75) is 37.5 Å². The summed E-state index contributed by atoms with van der Waals surface area (Å²) in [5.74, 6) is -1.33. The number of fused-ring (bicyclic) bond motifs is 1. The minimum absolute atomic E-state index is 0.00382. The highest BCUT2D eigenvalue weighted by molar-refractivity contribution is 5.83. The fourth-order valence-corrected chi connectivity index (χ4v) is 3.87. The molecule has 1 saturated carbocycles. The lowest BCUT2D eigenvalue weighted by Gasteiger charge is -2.42. The van der Waals surface area contributed by atoms with Crippen molar-refractivity contribution in [2.75, 3.05) is 31.1 Å². The molecule has 26 heavy (non-hydrogen) atoms. The molecule has 0 aromatic carbocycles. The molecule has 3 fully saturated rings. The van der Waals surface area contributed by atoms with Gasteiger partial charge in [0.2, 0.25) is 5.91 Å². The zero-order valence-corrected chi connectivity index (χ0v) is 14.4. The van der Waals surface area contributed by atoms with Crippen LogP contribution < -0.4 is 4.90 Å². The molecule has 0 N–H and O–H groups in total. The predicted molar refractivity (Wildman–Crippen MR) is 91.4 cm³/mol. The first-order chi connectivity index (χ1) is 12.5. The minimum atomic E-state index is -2.62.